The van der Waals surface area contributed by atoms with Gasteiger partial charge in [0.05, 0.1) is 23.1 Å². The first-order valence-electron chi connectivity index (χ1n) is 10.8. The number of primary amides is 1. The summed E-state index contributed by atoms with van der Waals surface area (Å²) in [7, 11) is -1.51. The van der Waals surface area contributed by atoms with Crippen molar-refractivity contribution in [2.24, 2.45) is 10.9 Å². The number of urea groups is 1. The average Bonchev–Trinajstić information content (AvgIpc) is 3.40. The smallest absolute Gasteiger partial charge is 0.316 e. The van der Waals surface area contributed by atoms with Crippen LogP contribution in [0.3, 0.4) is 0 Å². The zero-order valence-electron chi connectivity index (χ0n) is 19.7. The molecule has 4 rings (SSSR count). The van der Waals surface area contributed by atoms with E-state index in [9.17, 15) is 13.8 Å². The number of nitrogens with one attached hydrogen (secondary N) is 2. The van der Waals surface area contributed by atoms with Gasteiger partial charge in [-0.1, -0.05) is 13.8 Å². The van der Waals surface area contributed by atoms with Gasteiger partial charge in [0.2, 0.25) is 5.91 Å². The van der Waals surface area contributed by atoms with Crippen LogP contribution < -0.4 is 21.5 Å². The lowest BCUT2D eigenvalue weighted by Gasteiger charge is -2.22. The molecule has 0 saturated carbocycles. The van der Waals surface area contributed by atoms with E-state index in [4.69, 9.17) is 15.9 Å². The fourth-order valence-electron chi connectivity index (χ4n) is 4.39. The first kappa shape index (κ1) is 25.3. The van der Waals surface area contributed by atoms with Crippen LogP contribution in [0, 0.1) is 0 Å². The highest BCUT2D eigenvalue weighted by molar-refractivity contribution is 7.85. The van der Waals surface area contributed by atoms with Crippen molar-refractivity contribution in [2.75, 3.05) is 5.32 Å². The van der Waals surface area contributed by atoms with Crippen LogP contribution in [0.5, 0.6) is 0 Å². The number of anilines is 1. The standard InChI is InChI=1S/C14H19N3O.C8H13N3O2S2/c1-14(2)7-6-9-11(17-13(15)18)8-4-3-5-10(8)16-12(9)14;1-5(12)11-8(2,3)7-10-4-6(14-7)15(9)13/h3-7H2,1-2H3,(H3,15,16,17,18);4H,9H2,1-3H3,(H,11,12). The van der Waals surface area contributed by atoms with E-state index < -0.39 is 22.6 Å². The molecule has 1 unspecified atom stereocenters. The highest BCUT2D eigenvalue weighted by atomic mass is 32.2. The topological polar surface area (TPSA) is 153 Å². The van der Waals surface area contributed by atoms with Gasteiger partial charge in [-0.15, -0.1) is 11.3 Å². The predicted molar refractivity (Wildman–Crippen MR) is 130 cm³/mol. The molecule has 2 aromatic rings. The molecule has 0 radical (unpaired) electrons. The maximum absolute atomic E-state index is 11.2. The van der Waals surface area contributed by atoms with E-state index in [2.05, 4.69) is 29.5 Å². The molecule has 2 heterocycles. The number of pyridine rings is 1. The third kappa shape index (κ3) is 5.59. The molecule has 180 valence electrons. The molecule has 0 fully saturated rings. The second kappa shape index (κ2) is 9.47. The Morgan fingerprint density at radius 3 is 2.48 bits per heavy atom. The zero-order chi connectivity index (χ0) is 24.6. The molecule has 2 aliphatic rings. The number of carbonyl (C=O) groups is 2. The van der Waals surface area contributed by atoms with Crippen molar-refractivity contribution >= 4 is 39.9 Å². The summed E-state index contributed by atoms with van der Waals surface area (Å²) in [6.07, 6.45) is 6.69. The summed E-state index contributed by atoms with van der Waals surface area (Å²) in [5.74, 6) is -0.134. The second-order valence-electron chi connectivity index (χ2n) is 9.55. The van der Waals surface area contributed by atoms with E-state index in [1.807, 2.05) is 13.8 Å². The van der Waals surface area contributed by atoms with Crippen LogP contribution in [0.2, 0.25) is 0 Å². The first-order chi connectivity index (χ1) is 15.3. The van der Waals surface area contributed by atoms with Crippen molar-refractivity contribution in [1.82, 2.24) is 15.3 Å². The number of thiazole rings is 1. The summed E-state index contributed by atoms with van der Waals surface area (Å²) < 4.78 is 11.5. The maximum Gasteiger partial charge on any atom is 0.316 e. The predicted octanol–water partition coefficient (Wildman–Crippen LogP) is 2.78. The quantitative estimate of drug-likeness (QED) is 0.517. The lowest BCUT2D eigenvalue weighted by molar-refractivity contribution is -0.120. The maximum atomic E-state index is 11.2. The van der Waals surface area contributed by atoms with Gasteiger partial charge in [0.15, 0.2) is 0 Å². The number of hydrogen-bond acceptors (Lipinski definition) is 6. The van der Waals surface area contributed by atoms with Gasteiger partial charge in [-0.3, -0.25) is 9.78 Å². The van der Waals surface area contributed by atoms with Crippen LogP contribution in [0.15, 0.2) is 10.4 Å². The second-order valence-corrected chi connectivity index (χ2v) is 11.9. The number of fused-ring (bicyclic) bond motifs is 2. The SMILES string of the molecule is CC(=O)NC(C)(C)c1ncc(S(N)=O)s1.CC1(C)CCc2c1nc1c(c2NC(N)=O)CCC1. The monoisotopic (exact) mass is 492 g/mol. The van der Waals surface area contributed by atoms with Crippen molar-refractivity contribution in [3.8, 4) is 0 Å². The van der Waals surface area contributed by atoms with Gasteiger partial charge < -0.3 is 16.4 Å². The molecular weight excluding hydrogens is 460 g/mol. The fourth-order valence-corrected chi connectivity index (χ4v) is 5.82. The largest absolute Gasteiger partial charge is 0.351 e. The van der Waals surface area contributed by atoms with Gasteiger partial charge in [0.1, 0.15) is 20.2 Å². The molecule has 3 amide bonds. The van der Waals surface area contributed by atoms with E-state index in [0.717, 1.165) is 49.2 Å². The minimum absolute atomic E-state index is 0.112. The van der Waals surface area contributed by atoms with Crippen molar-refractivity contribution < 1.29 is 13.8 Å². The average molecular weight is 493 g/mol. The van der Waals surface area contributed by atoms with Crippen molar-refractivity contribution in [3.63, 3.8) is 0 Å². The molecule has 0 saturated heterocycles. The normalized spacial score (nSPS) is 16.8. The third-order valence-electron chi connectivity index (χ3n) is 5.92. The van der Waals surface area contributed by atoms with Crippen molar-refractivity contribution in [1.29, 1.82) is 0 Å². The number of rotatable bonds is 4. The van der Waals surface area contributed by atoms with E-state index in [1.54, 1.807) is 0 Å². The van der Waals surface area contributed by atoms with E-state index in [0.29, 0.717) is 9.22 Å². The van der Waals surface area contributed by atoms with Crippen LogP contribution in [0.25, 0.3) is 0 Å². The van der Waals surface area contributed by atoms with E-state index in [1.165, 1.54) is 35.6 Å². The van der Waals surface area contributed by atoms with Gasteiger partial charge >= 0.3 is 6.03 Å². The summed E-state index contributed by atoms with van der Waals surface area (Å²) in [5, 5.41) is 11.5. The number of amides is 3. The Balaban J connectivity index is 0.000000190. The Labute approximate surface area is 200 Å². The highest BCUT2D eigenvalue weighted by Crippen LogP contribution is 2.44. The van der Waals surface area contributed by atoms with Gasteiger partial charge in [-0.25, -0.2) is 19.1 Å². The first-order valence-corrected chi connectivity index (χ1v) is 12.9. The molecule has 0 bridgehead atoms. The number of nitrogens with two attached hydrogens (primary N) is 2. The summed E-state index contributed by atoms with van der Waals surface area (Å²) in [6.45, 7) is 9.55. The minimum Gasteiger partial charge on any atom is -0.351 e. The van der Waals surface area contributed by atoms with Crippen LogP contribution in [-0.2, 0) is 46.0 Å². The van der Waals surface area contributed by atoms with Gasteiger partial charge in [0, 0.05) is 18.0 Å². The van der Waals surface area contributed by atoms with Crippen molar-refractivity contribution in [2.45, 2.75) is 81.9 Å². The number of nitrogens with zero attached hydrogens (tertiary/aromatic N) is 2. The summed E-state index contributed by atoms with van der Waals surface area (Å²) in [5.41, 5.74) is 10.6. The molecule has 6 N–H and O–H groups in total. The number of carbonyl (C=O) groups excluding carboxylic acids is 2. The zero-order valence-corrected chi connectivity index (χ0v) is 21.3. The van der Waals surface area contributed by atoms with E-state index >= 15 is 0 Å². The molecule has 33 heavy (non-hydrogen) atoms. The lowest BCUT2D eigenvalue weighted by Crippen LogP contribution is -2.39. The molecule has 1 atom stereocenters. The van der Waals surface area contributed by atoms with Crippen LogP contribution in [0.1, 0.15) is 75.0 Å². The Morgan fingerprint density at radius 1 is 1.21 bits per heavy atom. The lowest BCUT2D eigenvalue weighted by atomic mass is 9.90. The number of aromatic nitrogens is 2. The molecule has 11 heteroatoms. The fraction of sp³-hybridized carbons (Fsp3) is 0.545. The molecular formula is C22H32N6O3S2. The number of aryl methyl sites for hydroxylation is 1. The summed E-state index contributed by atoms with van der Waals surface area (Å²) in [4.78, 5) is 31.1. The number of hydrogen-bond donors (Lipinski definition) is 4. The molecule has 2 aliphatic carbocycles. The molecule has 0 aliphatic heterocycles. The summed E-state index contributed by atoms with van der Waals surface area (Å²) in [6, 6.07) is -0.470. The summed E-state index contributed by atoms with van der Waals surface area (Å²) >= 11 is 1.24. The molecule has 9 nitrogen and oxygen atoms in total. The molecule has 2 aromatic heterocycles. The van der Waals surface area contributed by atoms with Crippen LogP contribution in [-0.4, -0.2) is 26.1 Å². The third-order valence-corrected chi connectivity index (χ3v) is 8.28. The van der Waals surface area contributed by atoms with Crippen molar-refractivity contribution in [3.05, 3.63) is 33.7 Å². The molecule has 0 spiro atoms. The van der Waals surface area contributed by atoms with Gasteiger partial charge in [-0.05, 0) is 57.1 Å². The van der Waals surface area contributed by atoms with Crippen LogP contribution in [0.4, 0.5) is 10.5 Å². The Hall–Kier alpha value is -2.37. The molecule has 0 aromatic carbocycles. The Bertz CT molecular complexity index is 1110. The Kier molecular flexibility index (Phi) is 7.25. The van der Waals surface area contributed by atoms with Crippen LogP contribution >= 0.6 is 11.3 Å². The highest BCUT2D eigenvalue weighted by Gasteiger charge is 2.36. The van der Waals surface area contributed by atoms with Gasteiger partial charge in [-0.2, -0.15) is 0 Å². The minimum atomic E-state index is -1.51. The van der Waals surface area contributed by atoms with Gasteiger partial charge in [0.25, 0.3) is 0 Å². The van der Waals surface area contributed by atoms with E-state index in [-0.39, 0.29) is 11.3 Å². The Morgan fingerprint density at radius 2 is 1.91 bits per heavy atom.